The third-order valence-corrected chi connectivity index (χ3v) is 1.90. The van der Waals surface area contributed by atoms with Gasteiger partial charge in [-0.1, -0.05) is 13.8 Å². The van der Waals surface area contributed by atoms with Crippen molar-refractivity contribution < 1.29 is 14.4 Å². The summed E-state index contributed by atoms with van der Waals surface area (Å²) in [6, 6.07) is -0.649. The SMILES string of the molecule is CC(C)C(N)C(=O)NCC(=O)NCC(N)=O. The first-order valence-electron chi connectivity index (χ1n) is 4.93. The van der Waals surface area contributed by atoms with E-state index in [-0.39, 0.29) is 19.0 Å². The number of carbonyl (C=O) groups excluding carboxylic acids is 3. The summed E-state index contributed by atoms with van der Waals surface area (Å²) in [5.74, 6) is -1.53. The van der Waals surface area contributed by atoms with Gasteiger partial charge in [0.25, 0.3) is 0 Å². The van der Waals surface area contributed by atoms with Gasteiger partial charge in [0.05, 0.1) is 19.1 Å². The fraction of sp³-hybridized carbons (Fsp3) is 0.667. The fourth-order valence-electron chi connectivity index (χ4n) is 0.836. The van der Waals surface area contributed by atoms with E-state index in [0.717, 1.165) is 0 Å². The summed E-state index contributed by atoms with van der Waals surface area (Å²) < 4.78 is 0. The van der Waals surface area contributed by atoms with Gasteiger partial charge in [-0.3, -0.25) is 14.4 Å². The van der Waals surface area contributed by atoms with E-state index in [1.807, 2.05) is 0 Å². The molecule has 0 rings (SSSR count). The molecule has 92 valence electrons. The lowest BCUT2D eigenvalue weighted by Crippen LogP contribution is -2.47. The number of rotatable bonds is 6. The summed E-state index contributed by atoms with van der Waals surface area (Å²) in [5, 5.41) is 4.60. The van der Waals surface area contributed by atoms with Crippen molar-refractivity contribution in [2.45, 2.75) is 19.9 Å². The van der Waals surface area contributed by atoms with Gasteiger partial charge in [-0.05, 0) is 5.92 Å². The van der Waals surface area contributed by atoms with Crippen molar-refractivity contribution in [2.75, 3.05) is 13.1 Å². The van der Waals surface area contributed by atoms with Crippen LogP contribution < -0.4 is 22.1 Å². The van der Waals surface area contributed by atoms with Gasteiger partial charge in [0.15, 0.2) is 0 Å². The Balaban J connectivity index is 3.83. The second-order valence-corrected chi connectivity index (χ2v) is 3.73. The molecule has 1 atom stereocenters. The molecule has 0 aliphatic rings. The van der Waals surface area contributed by atoms with Gasteiger partial charge in [0, 0.05) is 0 Å². The van der Waals surface area contributed by atoms with Crippen LogP contribution >= 0.6 is 0 Å². The van der Waals surface area contributed by atoms with Crippen LogP contribution in [0.15, 0.2) is 0 Å². The van der Waals surface area contributed by atoms with Crippen molar-refractivity contribution in [1.29, 1.82) is 0 Å². The lowest BCUT2D eigenvalue weighted by Gasteiger charge is -2.14. The van der Waals surface area contributed by atoms with E-state index in [1.54, 1.807) is 13.8 Å². The Kier molecular flexibility index (Phi) is 6.09. The molecular formula is C9H18N4O3. The largest absolute Gasteiger partial charge is 0.368 e. The van der Waals surface area contributed by atoms with E-state index in [9.17, 15) is 14.4 Å². The lowest BCUT2D eigenvalue weighted by molar-refractivity contribution is -0.128. The Morgan fingerprint density at radius 1 is 1.12 bits per heavy atom. The van der Waals surface area contributed by atoms with Gasteiger partial charge >= 0.3 is 0 Å². The Morgan fingerprint density at radius 2 is 1.69 bits per heavy atom. The molecule has 0 heterocycles. The van der Waals surface area contributed by atoms with E-state index >= 15 is 0 Å². The van der Waals surface area contributed by atoms with Crippen LogP contribution in [0.2, 0.25) is 0 Å². The van der Waals surface area contributed by atoms with Crippen LogP contribution in [0.5, 0.6) is 0 Å². The third kappa shape index (κ3) is 5.97. The normalized spacial score (nSPS) is 12.0. The molecule has 0 aliphatic carbocycles. The van der Waals surface area contributed by atoms with Crippen molar-refractivity contribution in [3.05, 3.63) is 0 Å². The molecule has 1 unspecified atom stereocenters. The van der Waals surface area contributed by atoms with Crippen LogP contribution in [0, 0.1) is 5.92 Å². The maximum Gasteiger partial charge on any atom is 0.239 e. The van der Waals surface area contributed by atoms with Gasteiger partial charge in [-0.15, -0.1) is 0 Å². The maximum absolute atomic E-state index is 11.3. The minimum Gasteiger partial charge on any atom is -0.368 e. The molecule has 0 bridgehead atoms. The first kappa shape index (κ1) is 14.4. The number of hydrogen-bond acceptors (Lipinski definition) is 4. The van der Waals surface area contributed by atoms with Gasteiger partial charge in [0.2, 0.25) is 17.7 Å². The Bertz CT molecular complexity index is 278. The highest BCUT2D eigenvalue weighted by Gasteiger charge is 2.17. The molecule has 0 saturated carbocycles. The summed E-state index contributed by atoms with van der Waals surface area (Å²) in [6.07, 6.45) is 0. The van der Waals surface area contributed by atoms with Crippen LogP contribution in [-0.2, 0) is 14.4 Å². The predicted octanol–water partition coefficient (Wildman–Crippen LogP) is -2.31. The molecule has 0 aromatic carbocycles. The molecule has 0 aromatic rings. The zero-order valence-electron chi connectivity index (χ0n) is 9.45. The monoisotopic (exact) mass is 230 g/mol. The first-order chi connectivity index (χ1) is 7.34. The number of carbonyl (C=O) groups is 3. The predicted molar refractivity (Wildman–Crippen MR) is 58.0 cm³/mol. The zero-order chi connectivity index (χ0) is 12.7. The molecular weight excluding hydrogens is 212 g/mol. The van der Waals surface area contributed by atoms with Gasteiger partial charge in [-0.2, -0.15) is 0 Å². The van der Waals surface area contributed by atoms with Crippen LogP contribution in [0.3, 0.4) is 0 Å². The molecule has 7 heteroatoms. The maximum atomic E-state index is 11.3. The van der Waals surface area contributed by atoms with Gasteiger partial charge in [-0.25, -0.2) is 0 Å². The standard InChI is InChI=1S/C9H18N4O3/c1-5(2)8(11)9(16)13-4-7(15)12-3-6(10)14/h5,8H,3-4,11H2,1-2H3,(H2,10,14)(H,12,15)(H,13,16). The van der Waals surface area contributed by atoms with Crippen molar-refractivity contribution in [3.8, 4) is 0 Å². The summed E-state index contributed by atoms with van der Waals surface area (Å²) in [6.45, 7) is 3.15. The number of nitrogens with two attached hydrogens (primary N) is 2. The second-order valence-electron chi connectivity index (χ2n) is 3.73. The molecule has 0 spiro atoms. The molecule has 6 N–H and O–H groups in total. The molecule has 7 nitrogen and oxygen atoms in total. The molecule has 0 aromatic heterocycles. The summed E-state index contributed by atoms with van der Waals surface area (Å²) >= 11 is 0. The van der Waals surface area contributed by atoms with Crippen LogP contribution in [0.4, 0.5) is 0 Å². The van der Waals surface area contributed by atoms with Crippen molar-refractivity contribution in [2.24, 2.45) is 17.4 Å². The second kappa shape index (κ2) is 6.78. The molecule has 0 fully saturated rings. The molecule has 0 saturated heterocycles. The highest BCUT2D eigenvalue weighted by Crippen LogP contribution is 1.97. The fourth-order valence-corrected chi connectivity index (χ4v) is 0.836. The quantitative estimate of drug-likeness (QED) is 0.408. The highest BCUT2D eigenvalue weighted by molar-refractivity contribution is 5.89. The zero-order valence-corrected chi connectivity index (χ0v) is 9.45. The van der Waals surface area contributed by atoms with Crippen LogP contribution in [-0.4, -0.2) is 36.9 Å². The number of nitrogens with one attached hydrogen (secondary N) is 2. The topological polar surface area (TPSA) is 127 Å². The summed E-state index contributed by atoms with van der Waals surface area (Å²) in [5.41, 5.74) is 10.4. The Morgan fingerprint density at radius 3 is 2.12 bits per heavy atom. The smallest absolute Gasteiger partial charge is 0.239 e. The van der Waals surface area contributed by atoms with Crippen molar-refractivity contribution in [1.82, 2.24) is 10.6 Å². The van der Waals surface area contributed by atoms with E-state index in [0.29, 0.717) is 0 Å². The number of primary amides is 1. The average Bonchev–Trinajstić information content (AvgIpc) is 2.21. The summed E-state index contributed by atoms with van der Waals surface area (Å²) in [4.78, 5) is 32.7. The molecule has 16 heavy (non-hydrogen) atoms. The first-order valence-corrected chi connectivity index (χ1v) is 4.93. The van der Waals surface area contributed by atoms with Crippen molar-refractivity contribution >= 4 is 17.7 Å². The molecule has 3 amide bonds. The molecule has 0 radical (unpaired) electrons. The lowest BCUT2D eigenvalue weighted by atomic mass is 10.1. The van der Waals surface area contributed by atoms with Gasteiger partial charge < -0.3 is 22.1 Å². The van der Waals surface area contributed by atoms with Crippen LogP contribution in [0.25, 0.3) is 0 Å². The number of hydrogen-bond donors (Lipinski definition) is 4. The van der Waals surface area contributed by atoms with E-state index < -0.39 is 23.8 Å². The van der Waals surface area contributed by atoms with Crippen LogP contribution in [0.1, 0.15) is 13.8 Å². The van der Waals surface area contributed by atoms with Gasteiger partial charge in [0.1, 0.15) is 0 Å². The average molecular weight is 230 g/mol. The Hall–Kier alpha value is -1.63. The van der Waals surface area contributed by atoms with E-state index in [4.69, 9.17) is 11.5 Å². The van der Waals surface area contributed by atoms with Crippen molar-refractivity contribution in [3.63, 3.8) is 0 Å². The number of amides is 3. The third-order valence-electron chi connectivity index (χ3n) is 1.90. The Labute approximate surface area is 93.9 Å². The summed E-state index contributed by atoms with van der Waals surface area (Å²) in [7, 11) is 0. The van der Waals surface area contributed by atoms with E-state index in [2.05, 4.69) is 10.6 Å². The minimum absolute atomic E-state index is 0.00585. The minimum atomic E-state index is -0.649. The van der Waals surface area contributed by atoms with E-state index in [1.165, 1.54) is 0 Å². The molecule has 0 aliphatic heterocycles. The highest BCUT2D eigenvalue weighted by atomic mass is 16.2.